The van der Waals surface area contributed by atoms with Gasteiger partial charge in [0.2, 0.25) is 0 Å². The molecule has 1 aromatic rings. The zero-order valence-corrected chi connectivity index (χ0v) is 10.1. The number of carbonyl (C=O) groups excluding carboxylic acids is 1. The summed E-state index contributed by atoms with van der Waals surface area (Å²) in [5.74, 6) is -0.324. The van der Waals surface area contributed by atoms with Crippen LogP contribution in [0.5, 0.6) is 0 Å². The smallest absolute Gasteiger partial charge is 0.265 e. The van der Waals surface area contributed by atoms with Crippen molar-refractivity contribution in [3.8, 4) is 0 Å². The molecule has 0 fully saturated rings. The Morgan fingerprint density at radius 2 is 2.13 bits per heavy atom. The molecule has 1 heterocycles. The standard InChI is InChI=1S/C10H13N3OS/c1-6-5-11-7(2)9(12-6)10(14)13-8(3)15-4/h5H,1-4H3/b13-8+. The third-order valence-corrected chi connectivity index (χ3v) is 2.51. The Morgan fingerprint density at radius 1 is 1.47 bits per heavy atom. The Hall–Kier alpha value is -1.23. The SMILES string of the molecule is CS/C(C)=N/C(=O)c1nc(C)cnc1C. The van der Waals surface area contributed by atoms with Crippen molar-refractivity contribution in [3.63, 3.8) is 0 Å². The first kappa shape index (κ1) is 11.8. The van der Waals surface area contributed by atoms with Gasteiger partial charge >= 0.3 is 0 Å². The highest BCUT2D eigenvalue weighted by molar-refractivity contribution is 8.13. The van der Waals surface area contributed by atoms with Crippen molar-refractivity contribution in [3.05, 3.63) is 23.3 Å². The van der Waals surface area contributed by atoms with Gasteiger partial charge in [0.15, 0.2) is 5.69 Å². The summed E-state index contributed by atoms with van der Waals surface area (Å²) >= 11 is 1.44. The predicted octanol–water partition coefficient (Wildman–Crippen LogP) is 2.02. The van der Waals surface area contributed by atoms with Gasteiger partial charge in [-0.3, -0.25) is 9.78 Å². The van der Waals surface area contributed by atoms with Gasteiger partial charge in [-0.1, -0.05) is 0 Å². The van der Waals surface area contributed by atoms with Crippen molar-refractivity contribution >= 4 is 22.7 Å². The summed E-state index contributed by atoms with van der Waals surface area (Å²) in [5.41, 5.74) is 1.67. The van der Waals surface area contributed by atoms with Gasteiger partial charge < -0.3 is 0 Å². The quantitative estimate of drug-likeness (QED) is 0.540. The van der Waals surface area contributed by atoms with Crippen molar-refractivity contribution in [2.45, 2.75) is 20.8 Å². The number of amides is 1. The van der Waals surface area contributed by atoms with Crippen molar-refractivity contribution in [1.29, 1.82) is 0 Å². The van der Waals surface area contributed by atoms with Crippen LogP contribution in [-0.2, 0) is 0 Å². The lowest BCUT2D eigenvalue weighted by Crippen LogP contribution is -2.06. The number of hydrogen-bond acceptors (Lipinski definition) is 4. The molecule has 1 amide bonds. The Morgan fingerprint density at radius 3 is 2.73 bits per heavy atom. The molecule has 0 N–H and O–H groups in total. The molecule has 5 heteroatoms. The highest BCUT2D eigenvalue weighted by atomic mass is 32.2. The van der Waals surface area contributed by atoms with Gasteiger partial charge in [0.1, 0.15) is 0 Å². The second kappa shape index (κ2) is 5.02. The average molecular weight is 223 g/mol. The molecular formula is C10H13N3OS. The van der Waals surface area contributed by atoms with Crippen LogP contribution >= 0.6 is 11.8 Å². The lowest BCUT2D eigenvalue weighted by molar-refractivity contribution is 0.0997. The van der Waals surface area contributed by atoms with Crippen LogP contribution < -0.4 is 0 Å². The van der Waals surface area contributed by atoms with Crippen LogP contribution in [0.2, 0.25) is 0 Å². The molecule has 0 aromatic carbocycles. The first-order valence-electron chi connectivity index (χ1n) is 4.48. The summed E-state index contributed by atoms with van der Waals surface area (Å²) in [4.78, 5) is 23.8. The molecule has 0 bridgehead atoms. The maximum atomic E-state index is 11.7. The molecule has 15 heavy (non-hydrogen) atoms. The Labute approximate surface area is 93.2 Å². The molecule has 1 rings (SSSR count). The number of rotatable bonds is 1. The van der Waals surface area contributed by atoms with Crippen LogP contribution in [0.4, 0.5) is 0 Å². The molecular weight excluding hydrogens is 210 g/mol. The van der Waals surface area contributed by atoms with Crippen molar-refractivity contribution in [2.75, 3.05) is 6.26 Å². The minimum atomic E-state index is -0.324. The maximum Gasteiger partial charge on any atom is 0.298 e. The van der Waals surface area contributed by atoms with Gasteiger partial charge in [-0.15, -0.1) is 11.8 Å². The Kier molecular flexibility index (Phi) is 3.96. The third-order valence-electron chi connectivity index (χ3n) is 1.83. The summed E-state index contributed by atoms with van der Waals surface area (Å²) in [6.45, 7) is 5.35. The highest BCUT2D eigenvalue weighted by Gasteiger charge is 2.11. The Balaban J connectivity index is 3.06. The van der Waals surface area contributed by atoms with E-state index in [1.54, 1.807) is 27.0 Å². The fraction of sp³-hybridized carbons (Fsp3) is 0.400. The summed E-state index contributed by atoms with van der Waals surface area (Å²) in [7, 11) is 0. The van der Waals surface area contributed by atoms with Gasteiger partial charge in [-0.05, 0) is 27.0 Å². The fourth-order valence-electron chi connectivity index (χ4n) is 0.982. The van der Waals surface area contributed by atoms with Gasteiger partial charge in [-0.25, -0.2) is 9.98 Å². The second-order valence-electron chi connectivity index (χ2n) is 3.09. The van der Waals surface area contributed by atoms with Crippen molar-refractivity contribution < 1.29 is 4.79 Å². The molecule has 0 aliphatic carbocycles. The first-order valence-corrected chi connectivity index (χ1v) is 5.71. The van der Waals surface area contributed by atoms with E-state index in [1.165, 1.54) is 11.8 Å². The van der Waals surface area contributed by atoms with Crippen LogP contribution in [0.25, 0.3) is 0 Å². The third kappa shape index (κ3) is 3.13. The van der Waals surface area contributed by atoms with E-state index in [2.05, 4.69) is 15.0 Å². The van der Waals surface area contributed by atoms with Gasteiger partial charge in [0.05, 0.1) is 16.4 Å². The maximum absolute atomic E-state index is 11.7. The van der Waals surface area contributed by atoms with E-state index in [0.717, 1.165) is 10.7 Å². The fourth-order valence-corrected chi connectivity index (χ4v) is 1.16. The first-order chi connectivity index (χ1) is 7.04. The molecule has 0 saturated carbocycles. The van der Waals surface area contributed by atoms with E-state index in [0.29, 0.717) is 11.4 Å². The van der Waals surface area contributed by atoms with Gasteiger partial charge in [0.25, 0.3) is 5.91 Å². The largest absolute Gasteiger partial charge is 0.298 e. The van der Waals surface area contributed by atoms with Crippen LogP contribution in [0.1, 0.15) is 28.8 Å². The van der Waals surface area contributed by atoms with Gasteiger partial charge in [0, 0.05) is 6.20 Å². The van der Waals surface area contributed by atoms with Crippen LogP contribution in [0.3, 0.4) is 0 Å². The highest BCUT2D eigenvalue weighted by Crippen LogP contribution is 2.06. The summed E-state index contributed by atoms with van der Waals surface area (Å²) < 4.78 is 0. The van der Waals surface area contributed by atoms with Gasteiger partial charge in [-0.2, -0.15) is 0 Å². The van der Waals surface area contributed by atoms with Crippen molar-refractivity contribution in [1.82, 2.24) is 9.97 Å². The molecule has 1 aromatic heterocycles. The van der Waals surface area contributed by atoms with E-state index >= 15 is 0 Å². The number of aromatic nitrogens is 2. The lowest BCUT2D eigenvalue weighted by atomic mass is 10.3. The predicted molar refractivity (Wildman–Crippen MR) is 62.5 cm³/mol. The van der Waals surface area contributed by atoms with E-state index in [4.69, 9.17) is 0 Å². The molecule has 0 aliphatic rings. The minimum absolute atomic E-state index is 0.324. The zero-order chi connectivity index (χ0) is 11.4. The average Bonchev–Trinajstić information content (AvgIpc) is 2.21. The van der Waals surface area contributed by atoms with E-state index in [1.807, 2.05) is 6.26 Å². The number of aryl methyl sites for hydroxylation is 2. The van der Waals surface area contributed by atoms with E-state index in [-0.39, 0.29) is 5.91 Å². The van der Waals surface area contributed by atoms with Crippen LogP contribution in [0, 0.1) is 13.8 Å². The molecule has 4 nitrogen and oxygen atoms in total. The number of aliphatic imine (C=N–C) groups is 1. The number of thioether (sulfide) groups is 1. The normalized spacial score (nSPS) is 11.6. The van der Waals surface area contributed by atoms with Crippen molar-refractivity contribution in [2.24, 2.45) is 4.99 Å². The topological polar surface area (TPSA) is 55.2 Å². The molecule has 0 unspecified atom stereocenters. The molecule has 0 radical (unpaired) electrons. The molecule has 0 atom stereocenters. The summed E-state index contributed by atoms with van der Waals surface area (Å²) in [6, 6.07) is 0. The van der Waals surface area contributed by atoms with Crippen LogP contribution in [0.15, 0.2) is 11.2 Å². The monoisotopic (exact) mass is 223 g/mol. The molecule has 0 saturated heterocycles. The van der Waals surface area contributed by atoms with Crippen LogP contribution in [-0.4, -0.2) is 27.2 Å². The minimum Gasteiger partial charge on any atom is -0.265 e. The van der Waals surface area contributed by atoms with E-state index < -0.39 is 0 Å². The second-order valence-corrected chi connectivity index (χ2v) is 4.08. The summed E-state index contributed by atoms with van der Waals surface area (Å²) in [6.07, 6.45) is 3.51. The zero-order valence-electron chi connectivity index (χ0n) is 9.24. The molecule has 0 spiro atoms. The number of nitrogens with zero attached hydrogens (tertiary/aromatic N) is 3. The van der Waals surface area contributed by atoms with E-state index in [9.17, 15) is 4.79 Å². The number of carbonyl (C=O) groups is 1. The summed E-state index contributed by atoms with van der Waals surface area (Å²) in [5, 5.41) is 0.725. The molecule has 80 valence electrons. The number of hydrogen-bond donors (Lipinski definition) is 0. The Bertz CT molecular complexity index is 415. The molecule has 0 aliphatic heterocycles. The lowest BCUT2D eigenvalue weighted by Gasteiger charge is -2.01.